The van der Waals surface area contributed by atoms with Crippen LogP contribution in [0.15, 0.2) is 48.5 Å². The van der Waals surface area contributed by atoms with E-state index in [1.165, 1.54) is 0 Å². The molecule has 1 aliphatic heterocycles. The minimum Gasteiger partial charge on any atom is -0.379 e. The van der Waals surface area contributed by atoms with E-state index in [0.717, 1.165) is 22.4 Å². The normalized spacial score (nSPS) is 12.7. The number of benzene rings is 2. The molecule has 0 aromatic heterocycles. The van der Waals surface area contributed by atoms with E-state index in [9.17, 15) is 14.4 Å². The van der Waals surface area contributed by atoms with Crippen molar-refractivity contribution in [1.82, 2.24) is 10.6 Å². The maximum absolute atomic E-state index is 13.2. The fourth-order valence-corrected chi connectivity index (χ4v) is 4.33. The van der Waals surface area contributed by atoms with Crippen LogP contribution in [0.2, 0.25) is 0 Å². The first-order valence-corrected chi connectivity index (χ1v) is 15.7. The summed E-state index contributed by atoms with van der Waals surface area (Å²) < 4.78 is 21.9. The van der Waals surface area contributed by atoms with Gasteiger partial charge in [0.1, 0.15) is 0 Å². The van der Waals surface area contributed by atoms with Gasteiger partial charge in [-0.2, -0.15) is 0 Å². The number of nitrogens with one attached hydrogen (secondary N) is 2. The predicted octanol–water partition coefficient (Wildman–Crippen LogP) is 3.45. The minimum absolute atomic E-state index is 0.00402. The Bertz CT molecular complexity index is 1290. The SMILES string of the molecule is CC(C)C(C)NC(=O)CCOCCOCCOCCOCCNC(=O)CCC(=O)N1Cc2ccccc2C#Cc2ccccc21. The molecule has 10 heteroatoms. The lowest BCUT2D eigenvalue weighted by atomic mass is 10.0. The molecule has 10 nitrogen and oxygen atoms in total. The van der Waals surface area contributed by atoms with Gasteiger partial charge in [0.25, 0.3) is 0 Å². The molecule has 0 saturated carbocycles. The molecule has 0 radical (unpaired) electrons. The molecule has 0 fully saturated rings. The summed E-state index contributed by atoms with van der Waals surface area (Å²) in [5, 5.41) is 5.75. The molecule has 1 aliphatic rings. The lowest BCUT2D eigenvalue weighted by molar-refractivity contribution is -0.125. The lowest BCUT2D eigenvalue weighted by Gasteiger charge is -2.26. The number of carbonyl (C=O) groups is 3. The van der Waals surface area contributed by atoms with Crippen molar-refractivity contribution in [1.29, 1.82) is 0 Å². The van der Waals surface area contributed by atoms with E-state index in [1.54, 1.807) is 4.90 Å². The standard InChI is InChI=1S/C35H47N3O7/c1-27(2)28(3)37-34(40)16-18-42-20-22-44-24-25-45-23-21-43-19-17-36-33(39)14-15-35(41)38-26-31-10-5-4-8-29(31)12-13-30-9-6-7-11-32(30)38/h4-11,27-28H,14-26H2,1-3H3,(H,36,39)(H,37,40). The molecule has 0 saturated heterocycles. The Labute approximate surface area is 267 Å². The number of hydrogen-bond acceptors (Lipinski definition) is 7. The van der Waals surface area contributed by atoms with Gasteiger partial charge in [-0.1, -0.05) is 56.0 Å². The topological polar surface area (TPSA) is 115 Å². The molecule has 1 unspecified atom stereocenters. The average molecular weight is 622 g/mol. The van der Waals surface area contributed by atoms with Crippen LogP contribution in [0.1, 0.15) is 56.7 Å². The van der Waals surface area contributed by atoms with Gasteiger partial charge in [-0.25, -0.2) is 0 Å². The van der Waals surface area contributed by atoms with Gasteiger partial charge in [0.15, 0.2) is 0 Å². The number of rotatable bonds is 20. The highest BCUT2D eigenvalue weighted by atomic mass is 16.6. The monoisotopic (exact) mass is 621 g/mol. The number of para-hydroxylation sites is 1. The largest absolute Gasteiger partial charge is 0.379 e. The van der Waals surface area contributed by atoms with Gasteiger partial charge in [-0.15, -0.1) is 0 Å². The van der Waals surface area contributed by atoms with Crippen LogP contribution in [0, 0.1) is 17.8 Å². The average Bonchev–Trinajstić information content (AvgIpc) is 3.02. The van der Waals surface area contributed by atoms with Crippen molar-refractivity contribution in [3.63, 3.8) is 0 Å². The second kappa shape index (κ2) is 20.3. The molecule has 0 spiro atoms. The van der Waals surface area contributed by atoms with E-state index in [-0.39, 0.29) is 36.6 Å². The molecule has 0 bridgehead atoms. The van der Waals surface area contributed by atoms with Crippen LogP contribution in [0.25, 0.3) is 0 Å². The molecular formula is C35H47N3O7. The third-order valence-corrected chi connectivity index (χ3v) is 7.29. The quantitative estimate of drug-likeness (QED) is 0.172. The predicted molar refractivity (Wildman–Crippen MR) is 173 cm³/mol. The van der Waals surface area contributed by atoms with E-state index in [4.69, 9.17) is 18.9 Å². The first-order valence-electron chi connectivity index (χ1n) is 15.7. The van der Waals surface area contributed by atoms with E-state index in [1.807, 2.05) is 55.5 Å². The van der Waals surface area contributed by atoms with E-state index in [0.29, 0.717) is 78.3 Å². The van der Waals surface area contributed by atoms with Crippen LogP contribution in [0.5, 0.6) is 0 Å². The minimum atomic E-state index is -0.200. The third-order valence-electron chi connectivity index (χ3n) is 7.29. The van der Waals surface area contributed by atoms with Crippen molar-refractivity contribution >= 4 is 23.4 Å². The number of nitrogens with zero attached hydrogens (tertiary/aromatic N) is 1. The van der Waals surface area contributed by atoms with Crippen LogP contribution < -0.4 is 15.5 Å². The number of anilines is 1. The highest BCUT2D eigenvalue weighted by Gasteiger charge is 2.21. The summed E-state index contributed by atoms with van der Waals surface area (Å²) in [6.07, 6.45) is 0.517. The van der Waals surface area contributed by atoms with Crippen molar-refractivity contribution in [3.05, 3.63) is 65.2 Å². The molecule has 45 heavy (non-hydrogen) atoms. The van der Waals surface area contributed by atoms with Crippen molar-refractivity contribution in [2.45, 2.75) is 52.6 Å². The Morgan fingerprint density at radius 3 is 1.98 bits per heavy atom. The molecule has 3 amide bonds. The van der Waals surface area contributed by atoms with Gasteiger partial charge < -0.3 is 34.5 Å². The molecule has 2 aromatic carbocycles. The van der Waals surface area contributed by atoms with E-state index in [2.05, 4.69) is 36.3 Å². The first kappa shape index (κ1) is 35.7. The van der Waals surface area contributed by atoms with Crippen LogP contribution in [0.3, 0.4) is 0 Å². The van der Waals surface area contributed by atoms with Gasteiger partial charge in [-0.3, -0.25) is 14.4 Å². The van der Waals surface area contributed by atoms with Crippen molar-refractivity contribution in [2.75, 3.05) is 64.3 Å². The molecule has 2 N–H and O–H groups in total. The Hall–Kier alpha value is -3.75. The molecule has 1 heterocycles. The highest BCUT2D eigenvalue weighted by Crippen LogP contribution is 2.26. The number of hydrogen-bond donors (Lipinski definition) is 2. The summed E-state index contributed by atoms with van der Waals surface area (Å²) >= 11 is 0. The zero-order valence-electron chi connectivity index (χ0n) is 26.8. The van der Waals surface area contributed by atoms with Crippen LogP contribution >= 0.6 is 0 Å². The molecule has 1 atom stereocenters. The molecule has 2 aromatic rings. The summed E-state index contributed by atoms with van der Waals surface area (Å²) in [5.74, 6) is 6.46. The fraction of sp³-hybridized carbons (Fsp3) is 0.514. The molecule has 0 aliphatic carbocycles. The van der Waals surface area contributed by atoms with Crippen molar-refractivity contribution < 1.29 is 33.3 Å². The van der Waals surface area contributed by atoms with Crippen LogP contribution in [-0.2, 0) is 39.9 Å². The van der Waals surface area contributed by atoms with Crippen molar-refractivity contribution in [3.8, 4) is 11.8 Å². The summed E-state index contributed by atoms with van der Waals surface area (Å²) in [6, 6.07) is 15.5. The number of carbonyl (C=O) groups excluding carboxylic acids is 3. The van der Waals surface area contributed by atoms with Gasteiger partial charge in [-0.05, 0) is 36.6 Å². The van der Waals surface area contributed by atoms with Crippen LogP contribution in [0.4, 0.5) is 5.69 Å². The van der Waals surface area contributed by atoms with E-state index < -0.39 is 0 Å². The Kier molecular flexibility index (Phi) is 16.1. The zero-order chi connectivity index (χ0) is 32.3. The second-order valence-corrected chi connectivity index (χ2v) is 11.1. The second-order valence-electron chi connectivity index (χ2n) is 11.1. The Balaban J connectivity index is 1.18. The first-order chi connectivity index (χ1) is 21.8. The summed E-state index contributed by atoms with van der Waals surface area (Å²) in [5.41, 5.74) is 3.41. The Morgan fingerprint density at radius 2 is 1.29 bits per heavy atom. The maximum atomic E-state index is 13.2. The number of amides is 3. The molecule has 244 valence electrons. The lowest BCUT2D eigenvalue weighted by Crippen LogP contribution is -2.36. The number of ether oxygens (including phenoxy) is 4. The van der Waals surface area contributed by atoms with Gasteiger partial charge in [0.05, 0.1) is 65.1 Å². The van der Waals surface area contributed by atoms with Gasteiger partial charge in [0, 0.05) is 43.0 Å². The van der Waals surface area contributed by atoms with Gasteiger partial charge in [0.2, 0.25) is 17.7 Å². The van der Waals surface area contributed by atoms with Gasteiger partial charge >= 0.3 is 0 Å². The summed E-state index contributed by atoms with van der Waals surface area (Å²) in [6.45, 7) is 10.1. The summed E-state index contributed by atoms with van der Waals surface area (Å²) in [7, 11) is 0. The molecular weight excluding hydrogens is 574 g/mol. The zero-order valence-corrected chi connectivity index (χ0v) is 26.8. The van der Waals surface area contributed by atoms with E-state index >= 15 is 0 Å². The fourth-order valence-electron chi connectivity index (χ4n) is 4.33. The summed E-state index contributed by atoms with van der Waals surface area (Å²) in [4.78, 5) is 39.1. The number of fused-ring (bicyclic) bond motifs is 2. The molecule has 3 rings (SSSR count). The van der Waals surface area contributed by atoms with Crippen molar-refractivity contribution in [2.24, 2.45) is 5.92 Å². The highest BCUT2D eigenvalue weighted by molar-refractivity contribution is 5.96. The third kappa shape index (κ3) is 13.4. The Morgan fingerprint density at radius 1 is 0.711 bits per heavy atom. The maximum Gasteiger partial charge on any atom is 0.227 e. The smallest absolute Gasteiger partial charge is 0.227 e. The van der Waals surface area contributed by atoms with Crippen LogP contribution in [-0.4, -0.2) is 83.2 Å².